The Bertz CT molecular complexity index is 2070. The van der Waals surface area contributed by atoms with Gasteiger partial charge in [0.1, 0.15) is 0 Å². The van der Waals surface area contributed by atoms with Gasteiger partial charge in [-0.05, 0) is 75.9 Å². The minimum atomic E-state index is -1.62. The molecule has 2 amide bonds. The maximum atomic E-state index is 15.9. The first-order chi connectivity index (χ1) is 23.2. The van der Waals surface area contributed by atoms with Crippen LogP contribution < -0.4 is 4.90 Å². The molecule has 1 aliphatic heterocycles. The number of amides is 2. The molecule has 6 nitrogen and oxygen atoms in total. The van der Waals surface area contributed by atoms with Crippen LogP contribution in [0.15, 0.2) is 133 Å². The molecule has 4 atom stereocenters. The van der Waals surface area contributed by atoms with Crippen LogP contribution in [0.4, 0.5) is 5.69 Å². The zero-order chi connectivity index (χ0) is 33.4. The van der Waals surface area contributed by atoms with Crippen molar-refractivity contribution in [3.05, 3.63) is 171 Å². The number of hydrogen-bond donors (Lipinski definition) is 1. The van der Waals surface area contributed by atoms with Crippen LogP contribution in [-0.4, -0.2) is 28.7 Å². The molecule has 5 aromatic rings. The Morgan fingerprint density at radius 1 is 0.583 bits per heavy atom. The SMILES string of the molecule is O=C(O)c1cccc(N2C(=O)[C@@H]3[C@H](C2=O)[C@]2(c4ccc(Cl)cc4)C(=O)[C@@]3(c3ccc(Cl)cc3)C(c3ccccc3)=C2c2ccccc2)c1. The fraction of sp³-hybridized carbons (Fsp3) is 0.100. The largest absolute Gasteiger partial charge is 0.478 e. The molecule has 0 aromatic heterocycles. The molecule has 234 valence electrons. The fourth-order valence-electron chi connectivity index (χ4n) is 8.39. The van der Waals surface area contributed by atoms with E-state index in [1.165, 1.54) is 18.2 Å². The van der Waals surface area contributed by atoms with E-state index >= 15 is 14.4 Å². The van der Waals surface area contributed by atoms with E-state index in [9.17, 15) is 9.90 Å². The molecule has 2 fully saturated rings. The van der Waals surface area contributed by atoms with Crippen molar-refractivity contribution in [1.29, 1.82) is 0 Å². The van der Waals surface area contributed by atoms with Gasteiger partial charge in [-0.25, -0.2) is 9.69 Å². The summed E-state index contributed by atoms with van der Waals surface area (Å²) in [4.78, 5) is 59.0. The number of hydrogen-bond acceptors (Lipinski definition) is 4. The molecule has 0 unspecified atom stereocenters. The van der Waals surface area contributed by atoms with E-state index in [1.54, 1.807) is 54.6 Å². The van der Waals surface area contributed by atoms with Gasteiger partial charge in [0, 0.05) is 10.0 Å². The average molecular weight is 671 g/mol. The lowest BCUT2D eigenvalue weighted by Gasteiger charge is -2.39. The molecule has 1 heterocycles. The molecule has 1 saturated heterocycles. The van der Waals surface area contributed by atoms with Gasteiger partial charge in [-0.15, -0.1) is 0 Å². The van der Waals surface area contributed by atoms with Crippen molar-refractivity contribution in [3.63, 3.8) is 0 Å². The second kappa shape index (κ2) is 10.9. The molecule has 0 radical (unpaired) electrons. The summed E-state index contributed by atoms with van der Waals surface area (Å²) in [6.45, 7) is 0. The van der Waals surface area contributed by atoms with Gasteiger partial charge in [0.15, 0.2) is 5.78 Å². The van der Waals surface area contributed by atoms with Crippen LogP contribution in [0.1, 0.15) is 32.6 Å². The number of imide groups is 1. The summed E-state index contributed by atoms with van der Waals surface area (Å²) < 4.78 is 0. The predicted molar refractivity (Wildman–Crippen MR) is 184 cm³/mol. The standard InChI is InChI=1S/C40H25Cl2NO5/c41-28-18-14-26(15-19-28)39-31(23-8-3-1-4-9-23)32(24-10-5-2-6-11-24)40(38(39)48,27-16-20-29(42)21-17-27)34-33(39)35(44)43(36(34)45)30-13-7-12-25(22-30)37(46)47/h1-22,33-34H,(H,46,47)/t33-,34+,39-,40+. The molecular formula is C40H25Cl2NO5. The van der Waals surface area contributed by atoms with Gasteiger partial charge in [0.25, 0.3) is 0 Å². The van der Waals surface area contributed by atoms with Crippen LogP contribution in [0.3, 0.4) is 0 Å². The lowest BCUT2D eigenvalue weighted by Crippen LogP contribution is -2.45. The van der Waals surface area contributed by atoms with Crippen molar-refractivity contribution in [2.75, 3.05) is 4.90 Å². The van der Waals surface area contributed by atoms with Crippen LogP contribution in [0, 0.1) is 11.8 Å². The van der Waals surface area contributed by atoms with Gasteiger partial charge in [-0.2, -0.15) is 0 Å². The van der Waals surface area contributed by atoms with E-state index in [-0.39, 0.29) is 17.0 Å². The summed E-state index contributed by atoms with van der Waals surface area (Å²) in [7, 11) is 0. The van der Waals surface area contributed by atoms with Crippen molar-refractivity contribution >= 4 is 63.6 Å². The number of rotatable bonds is 6. The number of aromatic carboxylic acids is 1. The van der Waals surface area contributed by atoms with E-state index in [0.29, 0.717) is 32.3 Å². The Morgan fingerprint density at radius 2 is 1.02 bits per heavy atom. The number of carbonyl (C=O) groups excluding carboxylic acids is 3. The molecule has 48 heavy (non-hydrogen) atoms. The third-order valence-corrected chi connectivity index (χ3v) is 10.6. The molecule has 3 aliphatic rings. The summed E-state index contributed by atoms with van der Waals surface area (Å²) in [5.41, 5.74) is 0.648. The number of carboxylic acids is 1. The predicted octanol–water partition coefficient (Wildman–Crippen LogP) is 7.88. The summed E-state index contributed by atoms with van der Waals surface area (Å²) >= 11 is 12.8. The molecule has 1 N–H and O–H groups in total. The van der Waals surface area contributed by atoms with Crippen LogP contribution in [0.5, 0.6) is 0 Å². The maximum absolute atomic E-state index is 15.9. The van der Waals surface area contributed by atoms with Crippen molar-refractivity contribution in [2.45, 2.75) is 10.8 Å². The monoisotopic (exact) mass is 669 g/mol. The first-order valence-electron chi connectivity index (χ1n) is 15.4. The topological polar surface area (TPSA) is 91.8 Å². The van der Waals surface area contributed by atoms with E-state index < -0.39 is 40.4 Å². The quantitative estimate of drug-likeness (QED) is 0.186. The minimum absolute atomic E-state index is 0.0721. The second-order valence-corrected chi connectivity index (χ2v) is 13.1. The molecule has 0 spiro atoms. The molecule has 5 aromatic carbocycles. The number of anilines is 1. The van der Waals surface area contributed by atoms with Crippen LogP contribution in [0.2, 0.25) is 10.0 Å². The highest BCUT2D eigenvalue weighted by atomic mass is 35.5. The third-order valence-electron chi connectivity index (χ3n) is 10.1. The summed E-state index contributed by atoms with van der Waals surface area (Å²) in [6, 6.07) is 38.5. The molecular weight excluding hydrogens is 645 g/mol. The zero-order valence-electron chi connectivity index (χ0n) is 25.1. The van der Waals surface area contributed by atoms with E-state index in [4.69, 9.17) is 23.2 Å². The molecule has 8 rings (SSSR count). The zero-order valence-corrected chi connectivity index (χ0v) is 26.7. The lowest BCUT2D eigenvalue weighted by molar-refractivity contribution is -0.130. The number of benzene rings is 5. The number of carbonyl (C=O) groups is 4. The molecule has 1 saturated carbocycles. The van der Waals surface area contributed by atoms with Crippen molar-refractivity contribution in [3.8, 4) is 0 Å². The normalized spacial score (nSPS) is 24.4. The number of Topliss-reactive ketones (excluding diaryl/α,β-unsaturated/α-hetero) is 1. The maximum Gasteiger partial charge on any atom is 0.335 e. The Kier molecular flexibility index (Phi) is 6.81. The number of carboxylic acid groups (broad SMARTS) is 1. The highest BCUT2D eigenvalue weighted by molar-refractivity contribution is 6.39. The Labute approximate surface area is 285 Å². The first kappa shape index (κ1) is 30.1. The number of fused-ring (bicyclic) bond motifs is 5. The van der Waals surface area contributed by atoms with E-state index in [2.05, 4.69) is 0 Å². The average Bonchev–Trinajstić information content (AvgIpc) is 3.61. The Morgan fingerprint density at radius 3 is 1.44 bits per heavy atom. The highest BCUT2D eigenvalue weighted by Gasteiger charge is 2.82. The number of nitrogens with zero attached hydrogens (tertiary/aromatic N) is 1. The van der Waals surface area contributed by atoms with Gasteiger partial charge in [-0.3, -0.25) is 14.4 Å². The molecule has 2 bridgehead atoms. The van der Waals surface area contributed by atoms with E-state index in [0.717, 1.165) is 16.0 Å². The Balaban J connectivity index is 1.54. The van der Waals surface area contributed by atoms with Gasteiger partial charge >= 0.3 is 5.97 Å². The van der Waals surface area contributed by atoms with Crippen molar-refractivity contribution in [2.24, 2.45) is 11.8 Å². The summed E-state index contributed by atoms with van der Waals surface area (Å²) in [5, 5.41) is 10.7. The number of allylic oxidation sites excluding steroid dienone is 2. The molecule has 2 aliphatic carbocycles. The van der Waals surface area contributed by atoms with Gasteiger partial charge in [-0.1, -0.05) is 114 Å². The first-order valence-corrected chi connectivity index (χ1v) is 16.1. The number of halogens is 2. The van der Waals surface area contributed by atoms with Crippen LogP contribution in [0.25, 0.3) is 11.1 Å². The smallest absolute Gasteiger partial charge is 0.335 e. The lowest BCUT2D eigenvalue weighted by atomic mass is 9.59. The Hall–Kier alpha value is -5.30. The minimum Gasteiger partial charge on any atom is -0.478 e. The van der Waals surface area contributed by atoms with Gasteiger partial charge < -0.3 is 5.11 Å². The second-order valence-electron chi connectivity index (χ2n) is 12.3. The highest BCUT2D eigenvalue weighted by Crippen LogP contribution is 2.74. The van der Waals surface area contributed by atoms with Gasteiger partial charge in [0.05, 0.1) is 33.9 Å². The van der Waals surface area contributed by atoms with Gasteiger partial charge in [0.2, 0.25) is 11.8 Å². The van der Waals surface area contributed by atoms with E-state index in [1.807, 2.05) is 60.7 Å². The third kappa shape index (κ3) is 3.87. The van der Waals surface area contributed by atoms with Crippen LogP contribution in [-0.2, 0) is 25.2 Å². The molecule has 8 heteroatoms. The van der Waals surface area contributed by atoms with Crippen molar-refractivity contribution < 1.29 is 24.3 Å². The fourth-order valence-corrected chi connectivity index (χ4v) is 8.64. The number of ketones is 1. The summed E-state index contributed by atoms with van der Waals surface area (Å²) in [6.07, 6.45) is 0. The van der Waals surface area contributed by atoms with Crippen molar-refractivity contribution in [1.82, 2.24) is 0 Å². The summed E-state index contributed by atoms with van der Waals surface area (Å²) in [5.74, 6) is -4.95. The van der Waals surface area contributed by atoms with Crippen LogP contribution >= 0.6 is 23.2 Å².